The van der Waals surface area contributed by atoms with Crippen LogP contribution in [0, 0.1) is 5.92 Å². The second-order valence-electron chi connectivity index (χ2n) is 16.6. The SMILES string of the molecule is CCC(=O)CCCCC[C@H](NC(=O)C(C)(C)N(C)C)c1ncc(-c2ccccc2)o1.CCC(=O)CCCCC[C@H](NC(=O)C1CCN(C)C1)c1ncc(-c2ccccc2)o1. The van der Waals surface area contributed by atoms with Crippen molar-refractivity contribution in [1.29, 1.82) is 0 Å². The van der Waals surface area contributed by atoms with Gasteiger partial charge in [0.15, 0.2) is 11.5 Å². The van der Waals surface area contributed by atoms with Crippen LogP contribution in [0.1, 0.15) is 135 Å². The molecule has 1 unspecified atom stereocenters. The van der Waals surface area contributed by atoms with Gasteiger partial charge in [-0.3, -0.25) is 24.1 Å². The lowest BCUT2D eigenvalue weighted by Gasteiger charge is -2.32. The molecule has 0 bridgehead atoms. The smallest absolute Gasteiger partial charge is 0.240 e. The van der Waals surface area contributed by atoms with Crippen LogP contribution < -0.4 is 10.6 Å². The third kappa shape index (κ3) is 15.0. The predicted molar refractivity (Wildman–Crippen MR) is 236 cm³/mol. The number of carbonyl (C=O) groups is 4. The zero-order chi connectivity index (χ0) is 43.5. The number of hydrogen-bond donors (Lipinski definition) is 2. The zero-order valence-electron chi connectivity index (χ0n) is 37.0. The lowest BCUT2D eigenvalue weighted by atomic mass is 10.0. The van der Waals surface area contributed by atoms with Gasteiger partial charge in [0.1, 0.15) is 23.7 Å². The maximum atomic E-state index is 12.9. The Hall–Kier alpha value is -4.94. The van der Waals surface area contributed by atoms with E-state index in [1.165, 1.54) is 0 Å². The number of likely N-dealkylation sites (tertiary alicyclic amines) is 1. The van der Waals surface area contributed by atoms with Gasteiger partial charge in [0.05, 0.1) is 23.9 Å². The molecule has 1 saturated heterocycles. The van der Waals surface area contributed by atoms with Gasteiger partial charge in [-0.15, -0.1) is 0 Å². The summed E-state index contributed by atoms with van der Waals surface area (Å²) in [6.45, 7) is 9.32. The lowest BCUT2D eigenvalue weighted by molar-refractivity contribution is -0.131. The van der Waals surface area contributed by atoms with E-state index in [9.17, 15) is 19.2 Å². The number of benzene rings is 2. The van der Waals surface area contributed by atoms with Crippen molar-refractivity contribution in [3.05, 3.63) is 84.8 Å². The second kappa shape index (κ2) is 24.3. The van der Waals surface area contributed by atoms with Crippen LogP contribution in [0.5, 0.6) is 0 Å². The van der Waals surface area contributed by atoms with Crippen LogP contribution in [0.15, 0.2) is 81.9 Å². The first-order valence-electron chi connectivity index (χ1n) is 21.8. The molecule has 2 amide bonds. The van der Waals surface area contributed by atoms with Crippen molar-refractivity contribution in [2.75, 3.05) is 34.2 Å². The fraction of sp³-hybridized carbons (Fsp3) is 0.542. The maximum absolute atomic E-state index is 12.9. The van der Waals surface area contributed by atoms with E-state index in [4.69, 9.17) is 8.83 Å². The van der Waals surface area contributed by atoms with E-state index in [2.05, 4.69) is 25.5 Å². The highest BCUT2D eigenvalue weighted by atomic mass is 16.4. The minimum atomic E-state index is -0.652. The number of nitrogens with one attached hydrogen (secondary N) is 2. The average Bonchev–Trinajstić information content (AvgIpc) is 4.05. The summed E-state index contributed by atoms with van der Waals surface area (Å²) in [6.07, 6.45) is 13.7. The number of aromatic nitrogens is 2. The Morgan fingerprint density at radius 2 is 1.20 bits per heavy atom. The molecule has 2 aromatic carbocycles. The van der Waals surface area contributed by atoms with Crippen molar-refractivity contribution in [1.82, 2.24) is 30.4 Å². The summed E-state index contributed by atoms with van der Waals surface area (Å²) in [5.74, 6) is 3.09. The van der Waals surface area contributed by atoms with E-state index in [0.717, 1.165) is 75.6 Å². The molecule has 1 aliphatic heterocycles. The van der Waals surface area contributed by atoms with Crippen LogP contribution >= 0.6 is 0 Å². The number of carbonyl (C=O) groups excluding carboxylic acids is 4. The Morgan fingerprint density at radius 1 is 0.733 bits per heavy atom. The molecular formula is C48H68N6O6. The summed E-state index contributed by atoms with van der Waals surface area (Å²) in [6, 6.07) is 19.1. The summed E-state index contributed by atoms with van der Waals surface area (Å²) in [5, 5.41) is 6.31. The predicted octanol–water partition coefficient (Wildman–Crippen LogP) is 9.15. The molecule has 0 aliphatic carbocycles. The van der Waals surface area contributed by atoms with E-state index >= 15 is 0 Å². The fourth-order valence-electron chi connectivity index (χ4n) is 6.91. The molecule has 2 aromatic heterocycles. The molecule has 60 heavy (non-hydrogen) atoms. The van der Waals surface area contributed by atoms with Crippen molar-refractivity contribution < 1.29 is 28.0 Å². The van der Waals surface area contributed by atoms with Gasteiger partial charge in [0.2, 0.25) is 23.6 Å². The fourth-order valence-corrected chi connectivity index (χ4v) is 6.91. The molecule has 1 fully saturated rings. The molecule has 3 atom stereocenters. The lowest BCUT2D eigenvalue weighted by Crippen LogP contribution is -2.52. The topological polar surface area (TPSA) is 151 Å². The van der Waals surface area contributed by atoms with Crippen molar-refractivity contribution in [3.63, 3.8) is 0 Å². The molecule has 1 aliphatic rings. The van der Waals surface area contributed by atoms with Crippen LogP contribution in [0.3, 0.4) is 0 Å². The van der Waals surface area contributed by atoms with Gasteiger partial charge in [0, 0.05) is 43.4 Å². The molecule has 3 heterocycles. The Balaban J connectivity index is 0.000000265. The highest BCUT2D eigenvalue weighted by molar-refractivity contribution is 5.85. The molecule has 12 heteroatoms. The summed E-state index contributed by atoms with van der Waals surface area (Å²) >= 11 is 0. The molecular weight excluding hydrogens is 757 g/mol. The van der Waals surface area contributed by atoms with Crippen LogP contribution in [-0.4, -0.2) is 82.9 Å². The number of amides is 2. The summed E-state index contributed by atoms with van der Waals surface area (Å²) < 4.78 is 12.1. The van der Waals surface area contributed by atoms with E-state index in [1.54, 1.807) is 12.4 Å². The quantitative estimate of drug-likeness (QED) is 0.0693. The number of unbranched alkanes of at least 4 members (excludes halogenated alkanes) is 4. The van der Waals surface area contributed by atoms with Crippen LogP contribution in [0.25, 0.3) is 22.6 Å². The molecule has 326 valence electrons. The van der Waals surface area contributed by atoms with Crippen LogP contribution in [-0.2, 0) is 19.2 Å². The highest BCUT2D eigenvalue weighted by Crippen LogP contribution is 2.29. The van der Waals surface area contributed by atoms with Gasteiger partial charge in [-0.25, -0.2) is 9.97 Å². The Bertz CT molecular complexity index is 1910. The Morgan fingerprint density at radius 3 is 1.62 bits per heavy atom. The first-order valence-corrected chi connectivity index (χ1v) is 21.8. The first-order chi connectivity index (χ1) is 28.8. The monoisotopic (exact) mass is 825 g/mol. The molecule has 0 saturated carbocycles. The van der Waals surface area contributed by atoms with Crippen molar-refractivity contribution in [3.8, 4) is 22.6 Å². The molecule has 12 nitrogen and oxygen atoms in total. The molecule has 0 radical (unpaired) electrons. The molecule has 0 spiro atoms. The van der Waals surface area contributed by atoms with Crippen molar-refractivity contribution in [2.45, 2.75) is 129 Å². The number of likely N-dealkylation sites (N-methyl/N-ethyl adjacent to an activating group) is 1. The minimum Gasteiger partial charge on any atom is -0.438 e. The van der Waals surface area contributed by atoms with Crippen molar-refractivity contribution >= 4 is 23.4 Å². The number of nitrogens with zero attached hydrogens (tertiary/aromatic N) is 4. The third-order valence-electron chi connectivity index (χ3n) is 11.5. The Kier molecular flexibility index (Phi) is 19.4. The highest BCUT2D eigenvalue weighted by Gasteiger charge is 2.33. The normalized spacial score (nSPS) is 15.2. The number of ketones is 2. The van der Waals surface area contributed by atoms with E-state index in [1.807, 2.05) is 114 Å². The number of oxazole rings is 2. The summed E-state index contributed by atoms with van der Waals surface area (Å²) in [7, 11) is 5.82. The van der Waals surface area contributed by atoms with Crippen LogP contribution in [0.2, 0.25) is 0 Å². The summed E-state index contributed by atoms with van der Waals surface area (Å²) in [5.41, 5.74) is 1.27. The average molecular weight is 825 g/mol. The maximum Gasteiger partial charge on any atom is 0.240 e. The standard InChI is InChI=1S/C24H33N3O3.C24H35N3O3/c1-3-20(28)12-8-5-9-13-21(26-23(29)19-14-15-27(2)17-19)24-25-16-22(30-24)18-10-6-4-7-11-18;1-6-19(28)15-11-8-12-16-20(26-23(29)24(2,3)27(4)5)22-25-17-21(30-22)18-13-9-7-10-14-18/h4,6-7,10-11,16,19,21H,3,5,8-9,12-15,17H2,1-2H3,(H,26,29);7,9-10,13-14,17,20H,6,8,11-12,15-16H2,1-5H3,(H,26,29)/t19?,21-;20-/m00/s1. The van der Waals surface area contributed by atoms with Gasteiger partial charge < -0.3 is 24.4 Å². The number of rotatable bonds is 23. The van der Waals surface area contributed by atoms with E-state index < -0.39 is 5.54 Å². The number of Topliss-reactive ketones (excluding diaryl/α,β-unsaturated/α-hetero) is 2. The van der Waals surface area contributed by atoms with E-state index in [0.29, 0.717) is 67.0 Å². The number of hydrogen-bond acceptors (Lipinski definition) is 10. The largest absolute Gasteiger partial charge is 0.438 e. The molecule has 2 N–H and O–H groups in total. The third-order valence-corrected chi connectivity index (χ3v) is 11.5. The van der Waals surface area contributed by atoms with Gasteiger partial charge in [-0.1, -0.05) is 100 Å². The minimum absolute atomic E-state index is 0.0169. The van der Waals surface area contributed by atoms with Crippen LogP contribution in [0.4, 0.5) is 0 Å². The van der Waals surface area contributed by atoms with Gasteiger partial charge in [-0.2, -0.15) is 0 Å². The van der Waals surface area contributed by atoms with Gasteiger partial charge in [-0.05, 0) is 73.6 Å². The first kappa shape index (κ1) is 47.7. The van der Waals surface area contributed by atoms with Gasteiger partial charge in [0.25, 0.3) is 0 Å². The molecule has 4 aromatic rings. The van der Waals surface area contributed by atoms with Gasteiger partial charge >= 0.3 is 0 Å². The van der Waals surface area contributed by atoms with Crippen molar-refractivity contribution in [2.24, 2.45) is 5.92 Å². The zero-order valence-corrected chi connectivity index (χ0v) is 37.0. The Labute approximate surface area is 357 Å². The summed E-state index contributed by atoms with van der Waals surface area (Å²) in [4.78, 5) is 61.8. The second-order valence-corrected chi connectivity index (χ2v) is 16.6. The van der Waals surface area contributed by atoms with E-state index in [-0.39, 0.29) is 29.8 Å². The molecule has 5 rings (SSSR count).